The quantitative estimate of drug-likeness (QED) is 0.0261. The van der Waals surface area contributed by atoms with Gasteiger partial charge in [-0.3, -0.25) is 14.4 Å². The monoisotopic (exact) mass is 1040 g/mol. The van der Waals surface area contributed by atoms with Crippen LogP contribution >= 0.6 is 0 Å². The summed E-state index contributed by atoms with van der Waals surface area (Å²) in [5.74, 6) is -0.946. The van der Waals surface area contributed by atoms with Crippen molar-refractivity contribution in [1.29, 1.82) is 0 Å². The van der Waals surface area contributed by atoms with Gasteiger partial charge < -0.3 is 14.2 Å². The molecule has 0 saturated heterocycles. The highest BCUT2D eigenvalue weighted by Gasteiger charge is 2.19. The van der Waals surface area contributed by atoms with Crippen molar-refractivity contribution >= 4 is 17.9 Å². The summed E-state index contributed by atoms with van der Waals surface area (Å²) < 4.78 is 16.9. The number of ether oxygens (including phenoxy) is 3. The molecule has 0 amide bonds. The minimum absolute atomic E-state index is 0.0954. The molecule has 6 nitrogen and oxygen atoms in total. The average Bonchev–Trinajstić information content (AvgIpc) is 3.41. The van der Waals surface area contributed by atoms with E-state index in [4.69, 9.17) is 14.2 Å². The fourth-order valence-corrected chi connectivity index (χ4v) is 8.31. The SMILES string of the molecule is CC/C=C\C/C=C\C/C=C\C/C=C\C/C=C\C/C=C\C/C=C\C/C=C\CCCCC(=O)OCC(COC(=O)CCCCCCCCCCCCCCC)OC(=O)CCCCCCCCC/C=C\C/C=C\CCCCC. The first-order chi connectivity index (χ1) is 37.0. The van der Waals surface area contributed by atoms with Crippen LogP contribution in [-0.2, 0) is 28.6 Å². The van der Waals surface area contributed by atoms with Gasteiger partial charge in [0, 0.05) is 19.3 Å². The summed E-state index contributed by atoms with van der Waals surface area (Å²) in [6, 6.07) is 0. The lowest BCUT2D eigenvalue weighted by atomic mass is 10.0. The molecule has 6 heteroatoms. The van der Waals surface area contributed by atoms with Gasteiger partial charge >= 0.3 is 17.9 Å². The first kappa shape index (κ1) is 70.8. The molecule has 1 atom stereocenters. The Balaban J connectivity index is 4.44. The normalized spacial score (nSPS) is 12.9. The predicted molar refractivity (Wildman–Crippen MR) is 325 cm³/mol. The van der Waals surface area contributed by atoms with E-state index in [-0.39, 0.29) is 31.1 Å². The van der Waals surface area contributed by atoms with Gasteiger partial charge in [0.15, 0.2) is 6.10 Å². The third-order valence-corrected chi connectivity index (χ3v) is 13.0. The maximum absolute atomic E-state index is 12.9. The Labute approximate surface area is 462 Å². The molecule has 0 aromatic heterocycles. The van der Waals surface area contributed by atoms with Crippen molar-refractivity contribution in [2.45, 2.75) is 284 Å². The number of esters is 3. The van der Waals surface area contributed by atoms with Crippen molar-refractivity contribution in [2.75, 3.05) is 13.2 Å². The molecule has 0 radical (unpaired) electrons. The van der Waals surface area contributed by atoms with Crippen molar-refractivity contribution in [3.63, 3.8) is 0 Å². The summed E-state index contributed by atoms with van der Waals surface area (Å²) in [4.78, 5) is 38.2. The smallest absolute Gasteiger partial charge is 0.306 e. The van der Waals surface area contributed by atoms with Gasteiger partial charge in [-0.25, -0.2) is 0 Å². The summed E-state index contributed by atoms with van der Waals surface area (Å²) in [5.41, 5.74) is 0. The standard InChI is InChI=1S/C69H114O6/c1-4-7-10-13-16-19-22-25-27-29-30-31-32-33-34-35-36-37-38-40-41-44-47-50-53-56-59-62-68(71)74-65-66(64-73-67(70)61-58-55-52-49-46-43-24-21-18-15-12-9-6-3)75-69(72)63-60-57-54-51-48-45-42-39-28-26-23-20-17-14-11-8-5-2/h7,10,16-17,19-20,25-28,30-31,33-34,36-37,40-41,47,50,66H,4-6,8-9,11-15,18,21-24,29,32,35,38-39,42-46,48-49,51-65H2,1-3H3/b10-7-,19-16-,20-17-,27-25-,28-26-,31-30-,34-33-,37-36-,41-40-,50-47-. The maximum Gasteiger partial charge on any atom is 0.306 e. The number of allylic oxidation sites excluding steroid dienone is 20. The van der Waals surface area contributed by atoms with E-state index in [2.05, 4.69) is 142 Å². The third kappa shape index (κ3) is 60.6. The molecular formula is C69H114O6. The van der Waals surface area contributed by atoms with Crippen LogP contribution in [-0.4, -0.2) is 37.2 Å². The van der Waals surface area contributed by atoms with E-state index in [9.17, 15) is 14.4 Å². The number of hydrogen-bond acceptors (Lipinski definition) is 6. The number of carbonyl (C=O) groups is 3. The number of hydrogen-bond donors (Lipinski definition) is 0. The lowest BCUT2D eigenvalue weighted by Gasteiger charge is -2.18. The van der Waals surface area contributed by atoms with Gasteiger partial charge in [-0.15, -0.1) is 0 Å². The van der Waals surface area contributed by atoms with Gasteiger partial charge in [-0.2, -0.15) is 0 Å². The molecule has 0 aromatic rings. The fraction of sp³-hybridized carbons (Fsp3) is 0.667. The van der Waals surface area contributed by atoms with E-state index in [0.29, 0.717) is 25.7 Å². The second-order valence-electron chi connectivity index (χ2n) is 20.2. The molecule has 75 heavy (non-hydrogen) atoms. The van der Waals surface area contributed by atoms with Gasteiger partial charge in [0.1, 0.15) is 13.2 Å². The lowest BCUT2D eigenvalue weighted by Crippen LogP contribution is -2.30. The Bertz CT molecular complexity index is 1570. The predicted octanol–water partition coefficient (Wildman–Crippen LogP) is 21.2. The maximum atomic E-state index is 12.9. The Kier molecular flexibility index (Phi) is 58.9. The molecule has 0 rings (SSSR count). The number of rotatable bonds is 55. The molecule has 0 heterocycles. The Morgan fingerprint density at radius 1 is 0.280 bits per heavy atom. The van der Waals surface area contributed by atoms with Crippen LogP contribution in [0.4, 0.5) is 0 Å². The van der Waals surface area contributed by atoms with Crippen LogP contribution in [0.15, 0.2) is 122 Å². The molecule has 1 unspecified atom stereocenters. The molecule has 426 valence electrons. The molecule has 0 fully saturated rings. The highest BCUT2D eigenvalue weighted by Crippen LogP contribution is 2.15. The fourth-order valence-electron chi connectivity index (χ4n) is 8.31. The molecular weight excluding hydrogens is 925 g/mol. The van der Waals surface area contributed by atoms with Crippen LogP contribution in [0.2, 0.25) is 0 Å². The van der Waals surface area contributed by atoms with E-state index in [1.165, 1.54) is 116 Å². The number of unbranched alkanes of at least 4 members (excludes halogenated alkanes) is 24. The van der Waals surface area contributed by atoms with E-state index in [1.807, 2.05) is 0 Å². The van der Waals surface area contributed by atoms with Crippen LogP contribution in [0, 0.1) is 0 Å². The van der Waals surface area contributed by atoms with Crippen molar-refractivity contribution in [1.82, 2.24) is 0 Å². The van der Waals surface area contributed by atoms with Crippen molar-refractivity contribution in [2.24, 2.45) is 0 Å². The van der Waals surface area contributed by atoms with Gasteiger partial charge in [0.2, 0.25) is 0 Å². The number of carbonyl (C=O) groups excluding carboxylic acids is 3. The van der Waals surface area contributed by atoms with E-state index in [0.717, 1.165) is 116 Å². The zero-order valence-corrected chi connectivity index (χ0v) is 48.8. The highest BCUT2D eigenvalue weighted by atomic mass is 16.6. The van der Waals surface area contributed by atoms with Gasteiger partial charge in [-0.05, 0) is 116 Å². The first-order valence-electron chi connectivity index (χ1n) is 31.0. The van der Waals surface area contributed by atoms with Crippen LogP contribution in [0.3, 0.4) is 0 Å². The van der Waals surface area contributed by atoms with Gasteiger partial charge in [-0.1, -0.05) is 264 Å². The molecule has 0 aliphatic carbocycles. The Hall–Kier alpha value is -4.19. The zero-order valence-electron chi connectivity index (χ0n) is 48.8. The zero-order chi connectivity index (χ0) is 54.3. The van der Waals surface area contributed by atoms with Gasteiger partial charge in [0.05, 0.1) is 0 Å². The molecule has 0 aliphatic rings. The second-order valence-corrected chi connectivity index (χ2v) is 20.2. The minimum Gasteiger partial charge on any atom is -0.462 e. The third-order valence-electron chi connectivity index (χ3n) is 13.0. The largest absolute Gasteiger partial charge is 0.462 e. The Morgan fingerprint density at radius 2 is 0.520 bits per heavy atom. The van der Waals surface area contributed by atoms with Crippen LogP contribution < -0.4 is 0 Å². The molecule has 0 aliphatic heterocycles. The second kappa shape index (κ2) is 62.4. The average molecular weight is 1040 g/mol. The van der Waals surface area contributed by atoms with Gasteiger partial charge in [0.25, 0.3) is 0 Å². The molecule has 0 bridgehead atoms. The van der Waals surface area contributed by atoms with E-state index < -0.39 is 6.10 Å². The van der Waals surface area contributed by atoms with E-state index in [1.54, 1.807) is 0 Å². The highest BCUT2D eigenvalue weighted by molar-refractivity contribution is 5.71. The Morgan fingerprint density at radius 3 is 0.867 bits per heavy atom. The van der Waals surface area contributed by atoms with E-state index >= 15 is 0 Å². The minimum atomic E-state index is -0.803. The summed E-state index contributed by atoms with van der Waals surface area (Å²) in [6.45, 7) is 6.47. The van der Waals surface area contributed by atoms with Crippen molar-refractivity contribution in [3.05, 3.63) is 122 Å². The van der Waals surface area contributed by atoms with Crippen LogP contribution in [0.25, 0.3) is 0 Å². The van der Waals surface area contributed by atoms with Crippen molar-refractivity contribution < 1.29 is 28.6 Å². The summed E-state index contributed by atoms with van der Waals surface area (Å²) >= 11 is 0. The first-order valence-corrected chi connectivity index (χ1v) is 31.0. The molecule has 0 saturated carbocycles. The molecule has 0 spiro atoms. The molecule has 0 N–H and O–H groups in total. The summed E-state index contributed by atoms with van der Waals surface area (Å²) in [6.07, 6.45) is 86.2. The van der Waals surface area contributed by atoms with Crippen LogP contribution in [0.1, 0.15) is 278 Å². The summed E-state index contributed by atoms with van der Waals surface area (Å²) in [5, 5.41) is 0. The van der Waals surface area contributed by atoms with Crippen molar-refractivity contribution in [3.8, 4) is 0 Å². The molecule has 0 aromatic carbocycles. The topological polar surface area (TPSA) is 78.9 Å². The summed E-state index contributed by atoms with van der Waals surface area (Å²) in [7, 11) is 0. The van der Waals surface area contributed by atoms with Crippen LogP contribution in [0.5, 0.6) is 0 Å². The lowest BCUT2D eigenvalue weighted by molar-refractivity contribution is -0.167.